The molecule has 4 heteroatoms. The summed E-state index contributed by atoms with van der Waals surface area (Å²) >= 11 is 1.75. The predicted molar refractivity (Wildman–Crippen MR) is 80.6 cm³/mol. The first-order chi connectivity index (χ1) is 9.26. The van der Waals surface area contributed by atoms with Gasteiger partial charge in [0, 0.05) is 23.5 Å². The molecule has 3 nitrogen and oxygen atoms in total. The Morgan fingerprint density at radius 2 is 2.05 bits per heavy atom. The summed E-state index contributed by atoms with van der Waals surface area (Å²) in [5.74, 6) is 0.927. The molecule has 0 spiro atoms. The van der Waals surface area contributed by atoms with E-state index in [0.717, 1.165) is 12.3 Å². The second kappa shape index (κ2) is 6.70. The molecule has 0 saturated carbocycles. The first-order valence-corrected chi connectivity index (χ1v) is 7.19. The molecule has 0 fully saturated rings. The summed E-state index contributed by atoms with van der Waals surface area (Å²) in [7, 11) is 3.81. The van der Waals surface area contributed by atoms with Crippen molar-refractivity contribution < 1.29 is 4.74 Å². The Morgan fingerprint density at radius 1 is 1.26 bits per heavy atom. The normalized spacial score (nSPS) is 12.6. The molecule has 102 valence electrons. The lowest BCUT2D eigenvalue weighted by molar-refractivity contribution is 0.241. The van der Waals surface area contributed by atoms with E-state index in [9.17, 15) is 0 Å². The first-order valence-electron chi connectivity index (χ1n) is 6.32. The van der Waals surface area contributed by atoms with E-state index in [1.54, 1.807) is 18.4 Å². The van der Waals surface area contributed by atoms with Crippen LogP contribution < -0.4 is 10.5 Å². The lowest BCUT2D eigenvalue weighted by Gasteiger charge is -2.26. The highest BCUT2D eigenvalue weighted by molar-refractivity contribution is 7.10. The van der Waals surface area contributed by atoms with Crippen LogP contribution in [0.4, 0.5) is 0 Å². The number of likely N-dealkylation sites (N-methyl/N-ethyl adjacent to an activating group) is 1. The van der Waals surface area contributed by atoms with Gasteiger partial charge in [0.25, 0.3) is 0 Å². The minimum absolute atomic E-state index is 0.255. The third-order valence-corrected chi connectivity index (χ3v) is 4.21. The maximum atomic E-state index is 5.92. The molecule has 1 atom stereocenters. The van der Waals surface area contributed by atoms with Gasteiger partial charge in [-0.3, -0.25) is 4.90 Å². The van der Waals surface area contributed by atoms with Gasteiger partial charge in [0.2, 0.25) is 0 Å². The van der Waals surface area contributed by atoms with Crippen LogP contribution in [0, 0.1) is 0 Å². The fraction of sp³-hybridized carbons (Fsp3) is 0.333. The van der Waals surface area contributed by atoms with Gasteiger partial charge in [-0.25, -0.2) is 0 Å². The molecule has 1 unspecified atom stereocenters. The molecule has 0 aliphatic rings. The number of nitrogens with two attached hydrogens (primary N) is 1. The molecule has 0 aliphatic heterocycles. The van der Waals surface area contributed by atoms with Crippen LogP contribution in [-0.4, -0.2) is 25.6 Å². The second-order valence-corrected chi connectivity index (χ2v) is 5.47. The lowest BCUT2D eigenvalue weighted by Crippen LogP contribution is -2.29. The van der Waals surface area contributed by atoms with E-state index in [0.29, 0.717) is 6.54 Å². The Kier molecular flexibility index (Phi) is 4.96. The number of ether oxygens (including phenoxy) is 1. The molecule has 1 aromatic carbocycles. The van der Waals surface area contributed by atoms with Gasteiger partial charge in [0.1, 0.15) is 5.75 Å². The first kappa shape index (κ1) is 14.1. The van der Waals surface area contributed by atoms with Gasteiger partial charge in [-0.15, -0.1) is 11.3 Å². The molecule has 0 bridgehead atoms. The minimum atomic E-state index is 0.255. The number of thiophene rings is 1. The van der Waals surface area contributed by atoms with Crippen LogP contribution in [-0.2, 0) is 6.54 Å². The van der Waals surface area contributed by atoms with Crippen LogP contribution in [0.25, 0.3) is 0 Å². The van der Waals surface area contributed by atoms with E-state index in [4.69, 9.17) is 10.5 Å². The number of para-hydroxylation sites is 1. The summed E-state index contributed by atoms with van der Waals surface area (Å²) < 4.78 is 5.39. The largest absolute Gasteiger partial charge is 0.496 e. The summed E-state index contributed by atoms with van der Waals surface area (Å²) in [4.78, 5) is 3.57. The van der Waals surface area contributed by atoms with Crippen molar-refractivity contribution in [2.45, 2.75) is 12.6 Å². The Balaban J connectivity index is 2.13. The van der Waals surface area contributed by atoms with Crippen LogP contribution in [0.1, 0.15) is 16.5 Å². The van der Waals surface area contributed by atoms with Gasteiger partial charge < -0.3 is 10.5 Å². The van der Waals surface area contributed by atoms with E-state index in [1.807, 2.05) is 18.2 Å². The molecule has 2 rings (SSSR count). The molecule has 0 radical (unpaired) electrons. The van der Waals surface area contributed by atoms with Gasteiger partial charge in [-0.2, -0.15) is 0 Å². The van der Waals surface area contributed by atoms with Crippen molar-refractivity contribution in [2.75, 3.05) is 20.7 Å². The van der Waals surface area contributed by atoms with E-state index in [1.165, 1.54) is 10.4 Å². The monoisotopic (exact) mass is 276 g/mol. The molecule has 0 aliphatic carbocycles. The topological polar surface area (TPSA) is 38.5 Å². The summed E-state index contributed by atoms with van der Waals surface area (Å²) in [6.07, 6.45) is 0. The van der Waals surface area contributed by atoms with E-state index in [2.05, 4.69) is 35.5 Å². The molecule has 19 heavy (non-hydrogen) atoms. The third kappa shape index (κ3) is 3.35. The zero-order valence-corrected chi connectivity index (χ0v) is 12.2. The Hall–Kier alpha value is -1.36. The molecule has 1 heterocycles. The standard InChI is InChI=1S/C15H20N2OS/c1-17(13(10-16)15-8-5-9-19-15)11-12-6-3-4-7-14(12)18-2/h3-9,13H,10-11,16H2,1-2H3. The number of nitrogens with zero attached hydrogens (tertiary/aromatic N) is 1. The lowest BCUT2D eigenvalue weighted by atomic mass is 10.1. The van der Waals surface area contributed by atoms with Gasteiger partial charge in [-0.05, 0) is 24.6 Å². The Bertz CT molecular complexity index is 499. The predicted octanol–water partition coefficient (Wildman–Crippen LogP) is 2.89. The average Bonchev–Trinajstić information content (AvgIpc) is 2.94. The molecule has 0 amide bonds. The Morgan fingerprint density at radius 3 is 2.68 bits per heavy atom. The highest BCUT2D eigenvalue weighted by atomic mass is 32.1. The van der Waals surface area contributed by atoms with Crippen LogP contribution in [0.3, 0.4) is 0 Å². The van der Waals surface area contributed by atoms with Crippen LogP contribution in [0.15, 0.2) is 41.8 Å². The third-order valence-electron chi connectivity index (χ3n) is 3.24. The zero-order valence-electron chi connectivity index (χ0n) is 11.4. The number of methoxy groups -OCH3 is 1. The highest BCUT2D eigenvalue weighted by Crippen LogP contribution is 2.26. The minimum Gasteiger partial charge on any atom is -0.496 e. The summed E-state index contributed by atoms with van der Waals surface area (Å²) in [6.45, 7) is 1.44. The van der Waals surface area contributed by atoms with E-state index >= 15 is 0 Å². The fourth-order valence-electron chi connectivity index (χ4n) is 2.21. The molecule has 2 aromatic rings. The number of hydrogen-bond donors (Lipinski definition) is 1. The summed E-state index contributed by atoms with van der Waals surface area (Å²) in [6, 6.07) is 12.6. The van der Waals surface area contributed by atoms with Gasteiger partial charge in [-0.1, -0.05) is 24.3 Å². The maximum absolute atomic E-state index is 5.92. The number of rotatable bonds is 6. The van der Waals surface area contributed by atoms with Crippen molar-refractivity contribution in [3.63, 3.8) is 0 Å². The second-order valence-electron chi connectivity index (χ2n) is 4.49. The van der Waals surface area contributed by atoms with Gasteiger partial charge in [0.05, 0.1) is 13.2 Å². The van der Waals surface area contributed by atoms with Crippen LogP contribution in [0.5, 0.6) is 5.75 Å². The zero-order chi connectivity index (χ0) is 13.7. The SMILES string of the molecule is COc1ccccc1CN(C)C(CN)c1cccs1. The van der Waals surface area contributed by atoms with Crippen molar-refractivity contribution in [1.29, 1.82) is 0 Å². The molecule has 2 N–H and O–H groups in total. The summed E-state index contributed by atoms with van der Waals surface area (Å²) in [5, 5.41) is 2.09. The highest BCUT2D eigenvalue weighted by Gasteiger charge is 2.17. The van der Waals surface area contributed by atoms with Crippen LogP contribution in [0.2, 0.25) is 0 Å². The van der Waals surface area contributed by atoms with Gasteiger partial charge in [0.15, 0.2) is 0 Å². The maximum Gasteiger partial charge on any atom is 0.123 e. The van der Waals surface area contributed by atoms with Gasteiger partial charge >= 0.3 is 0 Å². The number of benzene rings is 1. The van der Waals surface area contributed by atoms with Crippen molar-refractivity contribution in [3.05, 3.63) is 52.2 Å². The van der Waals surface area contributed by atoms with E-state index < -0.39 is 0 Å². The summed E-state index contributed by atoms with van der Waals surface area (Å²) in [5.41, 5.74) is 7.11. The smallest absolute Gasteiger partial charge is 0.123 e. The van der Waals surface area contributed by atoms with Crippen molar-refractivity contribution in [3.8, 4) is 5.75 Å². The van der Waals surface area contributed by atoms with Crippen LogP contribution >= 0.6 is 11.3 Å². The average molecular weight is 276 g/mol. The number of hydrogen-bond acceptors (Lipinski definition) is 4. The van der Waals surface area contributed by atoms with E-state index in [-0.39, 0.29) is 6.04 Å². The molecular formula is C15H20N2OS. The fourth-order valence-corrected chi connectivity index (χ4v) is 3.11. The quantitative estimate of drug-likeness (QED) is 0.881. The Labute approximate surface area is 118 Å². The van der Waals surface area contributed by atoms with Crippen molar-refractivity contribution >= 4 is 11.3 Å². The van der Waals surface area contributed by atoms with Crippen molar-refractivity contribution in [1.82, 2.24) is 4.90 Å². The molecule has 1 aromatic heterocycles. The van der Waals surface area contributed by atoms with Crippen molar-refractivity contribution in [2.24, 2.45) is 5.73 Å². The molecule has 0 saturated heterocycles. The molecular weight excluding hydrogens is 256 g/mol.